The summed E-state index contributed by atoms with van der Waals surface area (Å²) in [5, 5.41) is 3.43. The van der Waals surface area contributed by atoms with Gasteiger partial charge in [-0.1, -0.05) is 37.0 Å². The standard InChI is InChI=1S/C13H19Cl2N3O/c1-8(2)11(18(3)4)7-17-13(19)9-5-12(15)16-6-10(9)14/h5-6,8,11H,7H2,1-4H3,(H,17,19). The average molecular weight is 304 g/mol. The molecule has 0 fully saturated rings. The number of nitrogens with one attached hydrogen (secondary N) is 1. The van der Waals surface area contributed by atoms with Crippen LogP contribution in [0.3, 0.4) is 0 Å². The first-order valence-corrected chi connectivity index (χ1v) is 6.84. The van der Waals surface area contributed by atoms with E-state index in [0.717, 1.165) is 0 Å². The first kappa shape index (κ1) is 16.2. The number of amides is 1. The van der Waals surface area contributed by atoms with E-state index in [1.807, 2.05) is 14.1 Å². The molecule has 4 nitrogen and oxygen atoms in total. The maximum atomic E-state index is 12.1. The Bertz CT molecular complexity index is 442. The highest BCUT2D eigenvalue weighted by Gasteiger charge is 2.18. The van der Waals surface area contributed by atoms with E-state index in [4.69, 9.17) is 23.2 Å². The van der Waals surface area contributed by atoms with Gasteiger partial charge in [0.15, 0.2) is 0 Å². The van der Waals surface area contributed by atoms with Crippen LogP contribution in [0.15, 0.2) is 12.3 Å². The average Bonchev–Trinajstić information content (AvgIpc) is 2.31. The number of aromatic nitrogens is 1. The van der Waals surface area contributed by atoms with Gasteiger partial charge >= 0.3 is 0 Å². The zero-order valence-corrected chi connectivity index (χ0v) is 13.1. The number of carbonyl (C=O) groups excluding carboxylic acids is 1. The highest BCUT2D eigenvalue weighted by Crippen LogP contribution is 2.18. The maximum absolute atomic E-state index is 12.1. The van der Waals surface area contributed by atoms with Crippen molar-refractivity contribution in [2.45, 2.75) is 19.9 Å². The summed E-state index contributed by atoms with van der Waals surface area (Å²) in [6, 6.07) is 1.74. The molecule has 1 aromatic rings. The molecule has 19 heavy (non-hydrogen) atoms. The van der Waals surface area contributed by atoms with Gasteiger partial charge in [-0.2, -0.15) is 0 Å². The predicted molar refractivity (Wildman–Crippen MR) is 78.9 cm³/mol. The summed E-state index contributed by atoms with van der Waals surface area (Å²) < 4.78 is 0. The van der Waals surface area contributed by atoms with E-state index < -0.39 is 0 Å². The molecule has 6 heteroatoms. The number of likely N-dealkylation sites (N-methyl/N-ethyl adjacent to an activating group) is 1. The Kier molecular flexibility index (Phi) is 6.04. The van der Waals surface area contributed by atoms with Crippen LogP contribution in [-0.2, 0) is 0 Å². The van der Waals surface area contributed by atoms with Gasteiger partial charge in [0.25, 0.3) is 5.91 Å². The molecule has 0 saturated carbocycles. The fourth-order valence-electron chi connectivity index (χ4n) is 1.89. The Morgan fingerprint density at radius 1 is 1.42 bits per heavy atom. The summed E-state index contributed by atoms with van der Waals surface area (Å²) in [5.74, 6) is 0.202. The molecule has 0 spiro atoms. The van der Waals surface area contributed by atoms with Gasteiger partial charge in [-0.3, -0.25) is 4.79 Å². The summed E-state index contributed by atoms with van der Waals surface area (Å²) in [5.41, 5.74) is 0.350. The van der Waals surface area contributed by atoms with Crippen LogP contribution in [0.1, 0.15) is 24.2 Å². The summed E-state index contributed by atoms with van der Waals surface area (Å²) in [7, 11) is 3.99. The molecule has 0 aliphatic carbocycles. The number of hydrogen-bond donors (Lipinski definition) is 1. The second-order valence-electron chi connectivity index (χ2n) is 4.97. The third-order valence-electron chi connectivity index (χ3n) is 2.97. The van der Waals surface area contributed by atoms with Crippen LogP contribution in [-0.4, -0.2) is 42.5 Å². The molecule has 1 atom stereocenters. The lowest BCUT2D eigenvalue weighted by molar-refractivity contribution is 0.0934. The molecule has 1 amide bonds. The lowest BCUT2D eigenvalue weighted by Gasteiger charge is -2.28. The number of hydrogen-bond acceptors (Lipinski definition) is 3. The smallest absolute Gasteiger partial charge is 0.253 e. The quantitative estimate of drug-likeness (QED) is 0.851. The SMILES string of the molecule is CC(C)C(CNC(=O)c1cc(Cl)ncc1Cl)N(C)C. The Morgan fingerprint density at radius 2 is 2.05 bits per heavy atom. The van der Waals surface area contributed by atoms with Crippen LogP contribution < -0.4 is 5.32 Å². The fourth-order valence-corrected chi connectivity index (χ4v) is 2.24. The van der Waals surface area contributed by atoms with Gasteiger partial charge in [-0.15, -0.1) is 0 Å². The van der Waals surface area contributed by atoms with Crippen LogP contribution in [0.5, 0.6) is 0 Å². The third kappa shape index (κ3) is 4.64. The van der Waals surface area contributed by atoms with Crippen molar-refractivity contribution in [3.63, 3.8) is 0 Å². The molecule has 0 bridgehead atoms. The lowest BCUT2D eigenvalue weighted by atomic mass is 10.0. The zero-order chi connectivity index (χ0) is 14.6. The minimum atomic E-state index is -0.234. The molecular formula is C13H19Cl2N3O. The van der Waals surface area contributed by atoms with Crippen molar-refractivity contribution in [3.05, 3.63) is 28.0 Å². The van der Waals surface area contributed by atoms with E-state index in [0.29, 0.717) is 23.0 Å². The van der Waals surface area contributed by atoms with Crippen molar-refractivity contribution >= 4 is 29.1 Å². The van der Waals surface area contributed by atoms with Crippen molar-refractivity contribution in [2.75, 3.05) is 20.6 Å². The summed E-state index contributed by atoms with van der Waals surface area (Å²) in [6.07, 6.45) is 1.38. The first-order valence-electron chi connectivity index (χ1n) is 6.08. The van der Waals surface area contributed by atoms with Crippen LogP contribution >= 0.6 is 23.2 Å². The Labute approximate surface area is 124 Å². The summed E-state index contributed by atoms with van der Waals surface area (Å²) >= 11 is 11.7. The molecule has 1 unspecified atom stereocenters. The second-order valence-corrected chi connectivity index (χ2v) is 5.77. The minimum absolute atomic E-state index is 0.234. The molecule has 1 heterocycles. The molecule has 0 aliphatic rings. The molecular weight excluding hydrogens is 285 g/mol. The van der Waals surface area contributed by atoms with Gasteiger partial charge in [0.05, 0.1) is 10.6 Å². The molecule has 1 N–H and O–H groups in total. The van der Waals surface area contributed by atoms with Gasteiger partial charge in [0.1, 0.15) is 5.15 Å². The van der Waals surface area contributed by atoms with Gasteiger partial charge in [0, 0.05) is 18.8 Å². The molecule has 106 valence electrons. The third-order valence-corrected chi connectivity index (χ3v) is 3.48. The highest BCUT2D eigenvalue weighted by atomic mass is 35.5. The largest absolute Gasteiger partial charge is 0.350 e. The van der Waals surface area contributed by atoms with E-state index in [2.05, 4.69) is 29.0 Å². The van der Waals surface area contributed by atoms with E-state index in [-0.39, 0.29) is 17.1 Å². The summed E-state index contributed by atoms with van der Waals surface area (Å²) in [4.78, 5) is 18.0. The van der Waals surface area contributed by atoms with Gasteiger partial charge in [-0.25, -0.2) is 4.98 Å². The number of pyridine rings is 1. The van der Waals surface area contributed by atoms with Crippen molar-refractivity contribution in [2.24, 2.45) is 5.92 Å². The fraction of sp³-hybridized carbons (Fsp3) is 0.538. The van der Waals surface area contributed by atoms with E-state index in [1.165, 1.54) is 12.3 Å². The normalized spacial score (nSPS) is 12.8. The van der Waals surface area contributed by atoms with Crippen molar-refractivity contribution in [1.29, 1.82) is 0 Å². The highest BCUT2D eigenvalue weighted by molar-refractivity contribution is 6.35. The van der Waals surface area contributed by atoms with E-state index in [9.17, 15) is 4.79 Å². The molecule has 0 aromatic carbocycles. The van der Waals surface area contributed by atoms with Gasteiger partial charge in [0.2, 0.25) is 0 Å². The van der Waals surface area contributed by atoms with Crippen LogP contribution in [0.4, 0.5) is 0 Å². The van der Waals surface area contributed by atoms with Crippen molar-refractivity contribution in [1.82, 2.24) is 15.2 Å². The molecule has 0 aliphatic heterocycles. The molecule has 0 saturated heterocycles. The molecule has 1 aromatic heterocycles. The Morgan fingerprint density at radius 3 is 2.58 bits per heavy atom. The van der Waals surface area contributed by atoms with Crippen LogP contribution in [0, 0.1) is 5.92 Å². The number of nitrogens with zero attached hydrogens (tertiary/aromatic N) is 2. The zero-order valence-electron chi connectivity index (χ0n) is 11.6. The monoisotopic (exact) mass is 303 g/mol. The lowest BCUT2D eigenvalue weighted by Crippen LogP contribution is -2.43. The number of rotatable bonds is 5. The molecule has 0 radical (unpaired) electrons. The van der Waals surface area contributed by atoms with Crippen LogP contribution in [0.25, 0.3) is 0 Å². The van der Waals surface area contributed by atoms with Crippen molar-refractivity contribution in [3.8, 4) is 0 Å². The van der Waals surface area contributed by atoms with E-state index >= 15 is 0 Å². The number of halogens is 2. The Balaban J connectivity index is 2.72. The van der Waals surface area contributed by atoms with Gasteiger partial charge < -0.3 is 10.2 Å². The van der Waals surface area contributed by atoms with E-state index in [1.54, 1.807) is 0 Å². The second kappa shape index (κ2) is 7.08. The molecule has 1 rings (SSSR count). The Hall–Kier alpha value is -0.840. The van der Waals surface area contributed by atoms with Gasteiger partial charge in [-0.05, 0) is 26.1 Å². The van der Waals surface area contributed by atoms with Crippen LogP contribution in [0.2, 0.25) is 10.2 Å². The van der Waals surface area contributed by atoms with Crippen molar-refractivity contribution < 1.29 is 4.79 Å². The topological polar surface area (TPSA) is 45.2 Å². The first-order chi connectivity index (χ1) is 8.82. The summed E-state index contributed by atoms with van der Waals surface area (Å²) in [6.45, 7) is 4.79. The number of carbonyl (C=O) groups is 1. The minimum Gasteiger partial charge on any atom is -0.350 e. The maximum Gasteiger partial charge on any atom is 0.253 e. The predicted octanol–water partition coefficient (Wildman–Crippen LogP) is 2.70.